The molecule has 1 aromatic rings. The number of carbonyl (C=O) groups is 2. The fourth-order valence-corrected chi connectivity index (χ4v) is 1.54. The minimum absolute atomic E-state index is 0.00376. The van der Waals surface area contributed by atoms with E-state index in [9.17, 15) is 14.0 Å². The molecule has 0 unspecified atom stereocenters. The predicted molar refractivity (Wildman–Crippen MR) is 59.9 cm³/mol. The van der Waals surface area contributed by atoms with Crippen molar-refractivity contribution >= 4 is 11.8 Å². The van der Waals surface area contributed by atoms with Gasteiger partial charge in [-0.2, -0.15) is 0 Å². The second-order valence-corrected chi connectivity index (χ2v) is 3.92. The number of nitrogens with one attached hydrogen (secondary N) is 1. The predicted octanol–water partition coefficient (Wildman–Crippen LogP) is 0.788. The lowest BCUT2D eigenvalue weighted by Crippen LogP contribution is -2.47. The van der Waals surface area contributed by atoms with Crippen LogP contribution in [0, 0.1) is 5.82 Å². The Morgan fingerprint density at radius 1 is 1.24 bits per heavy atom. The molecule has 0 saturated carbocycles. The van der Waals surface area contributed by atoms with Crippen LogP contribution in [0.1, 0.15) is 16.8 Å². The summed E-state index contributed by atoms with van der Waals surface area (Å²) >= 11 is 0. The maximum Gasteiger partial charge on any atom is 0.251 e. The van der Waals surface area contributed by atoms with Crippen molar-refractivity contribution in [2.75, 3.05) is 19.6 Å². The Morgan fingerprint density at radius 3 is 2.41 bits per heavy atom. The molecule has 1 aliphatic heterocycles. The summed E-state index contributed by atoms with van der Waals surface area (Å²) in [6.45, 7) is 1.53. The van der Waals surface area contributed by atoms with Gasteiger partial charge in [-0.05, 0) is 30.7 Å². The molecule has 4 nitrogen and oxygen atoms in total. The largest absolute Gasteiger partial charge is 0.343 e. The highest BCUT2D eigenvalue weighted by Gasteiger charge is 2.20. The van der Waals surface area contributed by atoms with Crippen LogP contribution in [0.25, 0.3) is 0 Å². The molecule has 1 heterocycles. The zero-order valence-corrected chi connectivity index (χ0v) is 9.28. The monoisotopic (exact) mass is 236 g/mol. The fourth-order valence-electron chi connectivity index (χ4n) is 1.54. The maximum atomic E-state index is 12.6. The molecule has 0 spiro atoms. The third-order valence-electron chi connectivity index (χ3n) is 2.72. The quantitative estimate of drug-likeness (QED) is 0.843. The third kappa shape index (κ3) is 2.81. The number of benzene rings is 1. The first-order valence-electron chi connectivity index (χ1n) is 5.48. The van der Waals surface area contributed by atoms with Crippen LogP contribution in [0.4, 0.5) is 4.39 Å². The first kappa shape index (κ1) is 11.6. The molecule has 90 valence electrons. The van der Waals surface area contributed by atoms with Crippen LogP contribution in [-0.4, -0.2) is 36.3 Å². The summed E-state index contributed by atoms with van der Waals surface area (Å²) in [6, 6.07) is 5.20. The van der Waals surface area contributed by atoms with Gasteiger partial charge in [0.15, 0.2) is 0 Å². The lowest BCUT2D eigenvalue weighted by molar-refractivity contribution is -0.133. The maximum absolute atomic E-state index is 12.6. The van der Waals surface area contributed by atoms with Gasteiger partial charge in [-0.15, -0.1) is 0 Å². The highest BCUT2D eigenvalue weighted by Crippen LogP contribution is 2.05. The molecule has 5 heteroatoms. The SMILES string of the molecule is O=C(NCC(=O)N1CCC1)c1ccc(F)cc1. The van der Waals surface area contributed by atoms with Crippen LogP contribution in [0.15, 0.2) is 24.3 Å². The van der Waals surface area contributed by atoms with Crippen molar-refractivity contribution in [2.45, 2.75) is 6.42 Å². The summed E-state index contributed by atoms with van der Waals surface area (Å²) in [5.41, 5.74) is 0.350. The van der Waals surface area contributed by atoms with E-state index >= 15 is 0 Å². The average molecular weight is 236 g/mol. The number of hydrogen-bond donors (Lipinski definition) is 1. The molecule has 1 aliphatic rings. The third-order valence-corrected chi connectivity index (χ3v) is 2.72. The van der Waals surface area contributed by atoms with Crippen LogP contribution in [0.3, 0.4) is 0 Å². The van der Waals surface area contributed by atoms with Crippen LogP contribution in [-0.2, 0) is 4.79 Å². The number of halogens is 1. The zero-order valence-electron chi connectivity index (χ0n) is 9.28. The summed E-state index contributed by atoms with van der Waals surface area (Å²) in [5, 5.41) is 2.51. The number of nitrogens with zero attached hydrogens (tertiary/aromatic N) is 1. The molecule has 0 aromatic heterocycles. The number of rotatable bonds is 3. The van der Waals surface area contributed by atoms with Crippen LogP contribution in [0.5, 0.6) is 0 Å². The zero-order chi connectivity index (χ0) is 12.3. The van der Waals surface area contributed by atoms with E-state index in [1.165, 1.54) is 24.3 Å². The molecule has 2 amide bonds. The standard InChI is InChI=1S/C12H13FN2O2/c13-10-4-2-9(3-5-10)12(17)14-8-11(16)15-6-1-7-15/h2-5H,1,6-8H2,(H,14,17). The van der Waals surface area contributed by atoms with Gasteiger partial charge in [0.2, 0.25) is 5.91 Å². The molecule has 17 heavy (non-hydrogen) atoms. The van der Waals surface area contributed by atoms with Crippen molar-refractivity contribution in [2.24, 2.45) is 0 Å². The second kappa shape index (κ2) is 4.95. The minimum atomic E-state index is -0.391. The van der Waals surface area contributed by atoms with Gasteiger partial charge >= 0.3 is 0 Å². The molecule has 1 saturated heterocycles. The van der Waals surface area contributed by atoms with Crippen molar-refractivity contribution in [1.29, 1.82) is 0 Å². The molecule has 0 bridgehead atoms. The van der Waals surface area contributed by atoms with E-state index in [2.05, 4.69) is 5.32 Å². The van der Waals surface area contributed by atoms with E-state index in [0.717, 1.165) is 19.5 Å². The number of hydrogen-bond acceptors (Lipinski definition) is 2. The number of likely N-dealkylation sites (tertiary alicyclic amines) is 1. The number of carbonyl (C=O) groups excluding carboxylic acids is 2. The first-order chi connectivity index (χ1) is 8.16. The van der Waals surface area contributed by atoms with Crippen LogP contribution < -0.4 is 5.32 Å². The minimum Gasteiger partial charge on any atom is -0.343 e. The molecule has 0 atom stereocenters. The van der Waals surface area contributed by atoms with E-state index < -0.39 is 5.82 Å². The summed E-state index contributed by atoms with van der Waals surface area (Å²) in [7, 11) is 0. The van der Waals surface area contributed by atoms with Crippen molar-refractivity contribution < 1.29 is 14.0 Å². The Hall–Kier alpha value is -1.91. The van der Waals surface area contributed by atoms with Gasteiger partial charge in [-0.1, -0.05) is 0 Å². The summed E-state index contributed by atoms with van der Waals surface area (Å²) in [6.07, 6.45) is 1.03. The van der Waals surface area contributed by atoms with E-state index in [-0.39, 0.29) is 18.4 Å². The summed E-state index contributed by atoms with van der Waals surface area (Å²) in [4.78, 5) is 24.7. The van der Waals surface area contributed by atoms with Gasteiger partial charge < -0.3 is 10.2 Å². The Balaban J connectivity index is 1.84. The number of amides is 2. The van der Waals surface area contributed by atoms with Gasteiger partial charge in [0.25, 0.3) is 5.91 Å². The molecule has 1 N–H and O–H groups in total. The van der Waals surface area contributed by atoms with E-state index in [0.29, 0.717) is 5.56 Å². The van der Waals surface area contributed by atoms with Gasteiger partial charge in [0, 0.05) is 18.7 Å². The van der Waals surface area contributed by atoms with Gasteiger partial charge in [-0.25, -0.2) is 4.39 Å². The van der Waals surface area contributed by atoms with Gasteiger partial charge in [0.05, 0.1) is 6.54 Å². The van der Waals surface area contributed by atoms with E-state index in [1.807, 2.05) is 0 Å². The Kier molecular flexibility index (Phi) is 3.37. The smallest absolute Gasteiger partial charge is 0.251 e. The molecular formula is C12H13FN2O2. The lowest BCUT2D eigenvalue weighted by Gasteiger charge is -2.30. The normalized spacial score (nSPS) is 14.1. The molecule has 2 rings (SSSR count). The lowest BCUT2D eigenvalue weighted by atomic mass is 10.2. The van der Waals surface area contributed by atoms with Crippen molar-refractivity contribution in [1.82, 2.24) is 10.2 Å². The van der Waals surface area contributed by atoms with Gasteiger partial charge in [-0.3, -0.25) is 9.59 Å². The Bertz CT molecular complexity index is 427. The van der Waals surface area contributed by atoms with E-state index in [1.54, 1.807) is 4.90 Å². The highest BCUT2D eigenvalue weighted by molar-refractivity contribution is 5.96. The van der Waals surface area contributed by atoms with Gasteiger partial charge in [0.1, 0.15) is 5.82 Å². The average Bonchev–Trinajstić information content (AvgIpc) is 2.24. The van der Waals surface area contributed by atoms with Crippen LogP contribution >= 0.6 is 0 Å². The second-order valence-electron chi connectivity index (χ2n) is 3.92. The molecule has 1 fully saturated rings. The molecular weight excluding hydrogens is 223 g/mol. The van der Waals surface area contributed by atoms with Crippen molar-refractivity contribution in [3.63, 3.8) is 0 Å². The molecule has 1 aromatic carbocycles. The first-order valence-corrected chi connectivity index (χ1v) is 5.48. The van der Waals surface area contributed by atoms with Crippen molar-refractivity contribution in [3.8, 4) is 0 Å². The Labute approximate surface area is 98.4 Å². The molecule has 0 radical (unpaired) electrons. The fraction of sp³-hybridized carbons (Fsp3) is 0.333. The topological polar surface area (TPSA) is 49.4 Å². The van der Waals surface area contributed by atoms with Crippen LogP contribution in [0.2, 0.25) is 0 Å². The Morgan fingerprint density at radius 2 is 1.88 bits per heavy atom. The van der Waals surface area contributed by atoms with E-state index in [4.69, 9.17) is 0 Å². The van der Waals surface area contributed by atoms with Crippen molar-refractivity contribution in [3.05, 3.63) is 35.6 Å². The highest BCUT2D eigenvalue weighted by atomic mass is 19.1. The summed E-state index contributed by atoms with van der Waals surface area (Å²) < 4.78 is 12.6. The summed E-state index contributed by atoms with van der Waals surface area (Å²) in [5.74, 6) is -0.830. The molecule has 0 aliphatic carbocycles.